The third-order valence-electron chi connectivity index (χ3n) is 3.44. The molecule has 1 aliphatic rings. The molecule has 2 aromatic rings. The number of nitrogens with one attached hydrogen (secondary N) is 1. The molecule has 1 N–H and O–H groups in total. The largest absolute Gasteiger partial charge is 0.310 e. The molecule has 1 aliphatic carbocycles. The van der Waals surface area contributed by atoms with E-state index in [2.05, 4.69) is 42.6 Å². The average Bonchev–Trinajstić information content (AvgIpc) is 3.22. The van der Waals surface area contributed by atoms with E-state index in [9.17, 15) is 0 Å². The van der Waals surface area contributed by atoms with Crippen molar-refractivity contribution in [2.45, 2.75) is 42.1 Å². The highest BCUT2D eigenvalue weighted by molar-refractivity contribution is 7.99. The first-order valence-electron chi connectivity index (χ1n) is 6.97. The van der Waals surface area contributed by atoms with Gasteiger partial charge in [-0.25, -0.2) is 0 Å². The molecule has 1 nitrogen and oxygen atoms in total. The lowest BCUT2D eigenvalue weighted by Gasteiger charge is -2.12. The van der Waals surface area contributed by atoms with E-state index in [1.54, 1.807) is 11.8 Å². The SMILES string of the molecule is Cc1cccc(Sc2cccc(Cl)c2CNC2CC2)c1. The third-order valence-corrected chi connectivity index (χ3v) is 4.88. The summed E-state index contributed by atoms with van der Waals surface area (Å²) in [5, 5.41) is 4.41. The molecule has 3 heteroatoms. The summed E-state index contributed by atoms with van der Waals surface area (Å²) in [6.07, 6.45) is 2.59. The Hall–Kier alpha value is -0.960. The predicted octanol–water partition coefficient (Wildman–Crippen LogP) is 5.05. The average molecular weight is 304 g/mol. The Kier molecular flexibility index (Phi) is 4.35. The van der Waals surface area contributed by atoms with Crippen LogP contribution in [0, 0.1) is 6.92 Å². The van der Waals surface area contributed by atoms with Crippen molar-refractivity contribution in [3.63, 3.8) is 0 Å². The number of hydrogen-bond donors (Lipinski definition) is 1. The second-order valence-electron chi connectivity index (χ2n) is 5.29. The first-order chi connectivity index (χ1) is 9.72. The van der Waals surface area contributed by atoms with Crippen molar-refractivity contribution < 1.29 is 0 Å². The molecule has 0 saturated heterocycles. The number of halogens is 1. The Morgan fingerprint density at radius 1 is 1.20 bits per heavy atom. The normalized spacial score (nSPS) is 14.5. The summed E-state index contributed by atoms with van der Waals surface area (Å²) in [7, 11) is 0. The van der Waals surface area contributed by atoms with E-state index in [0.29, 0.717) is 6.04 Å². The molecule has 0 amide bonds. The summed E-state index contributed by atoms with van der Waals surface area (Å²) in [6, 6.07) is 15.4. The maximum absolute atomic E-state index is 6.38. The van der Waals surface area contributed by atoms with Gasteiger partial charge in [-0.05, 0) is 49.6 Å². The molecule has 0 unspecified atom stereocenters. The van der Waals surface area contributed by atoms with Gasteiger partial charge in [0, 0.05) is 27.4 Å². The molecule has 0 atom stereocenters. The Morgan fingerprint density at radius 3 is 2.75 bits per heavy atom. The van der Waals surface area contributed by atoms with Gasteiger partial charge in [0.1, 0.15) is 0 Å². The van der Waals surface area contributed by atoms with E-state index in [4.69, 9.17) is 11.6 Å². The maximum Gasteiger partial charge on any atom is 0.0462 e. The van der Waals surface area contributed by atoms with Crippen LogP contribution in [0.3, 0.4) is 0 Å². The lowest BCUT2D eigenvalue weighted by molar-refractivity contribution is 0.680. The van der Waals surface area contributed by atoms with Gasteiger partial charge in [-0.3, -0.25) is 0 Å². The minimum Gasteiger partial charge on any atom is -0.310 e. The number of aryl methyl sites for hydroxylation is 1. The Balaban J connectivity index is 1.82. The van der Waals surface area contributed by atoms with Crippen molar-refractivity contribution in [3.8, 4) is 0 Å². The minimum absolute atomic E-state index is 0.697. The van der Waals surface area contributed by atoms with Crippen LogP contribution in [0.2, 0.25) is 5.02 Å². The Bertz CT molecular complexity index is 608. The molecule has 0 bridgehead atoms. The quantitative estimate of drug-likeness (QED) is 0.829. The van der Waals surface area contributed by atoms with Gasteiger partial charge in [-0.2, -0.15) is 0 Å². The Labute approximate surface area is 129 Å². The van der Waals surface area contributed by atoms with Crippen molar-refractivity contribution >= 4 is 23.4 Å². The summed E-state index contributed by atoms with van der Waals surface area (Å²) < 4.78 is 0. The van der Waals surface area contributed by atoms with Gasteiger partial charge in [0.2, 0.25) is 0 Å². The number of benzene rings is 2. The maximum atomic E-state index is 6.38. The first kappa shape index (κ1) is 14.0. The minimum atomic E-state index is 0.697. The van der Waals surface area contributed by atoms with Gasteiger partial charge < -0.3 is 5.32 Å². The second kappa shape index (κ2) is 6.21. The fraction of sp³-hybridized carbons (Fsp3) is 0.294. The zero-order valence-corrected chi connectivity index (χ0v) is 13.1. The van der Waals surface area contributed by atoms with E-state index in [-0.39, 0.29) is 0 Å². The van der Waals surface area contributed by atoms with Crippen LogP contribution in [0.15, 0.2) is 52.3 Å². The molecule has 3 rings (SSSR count). The predicted molar refractivity (Wildman–Crippen MR) is 86.6 cm³/mol. The van der Waals surface area contributed by atoms with E-state index in [0.717, 1.165) is 11.6 Å². The van der Waals surface area contributed by atoms with Crippen LogP contribution >= 0.6 is 23.4 Å². The lowest BCUT2D eigenvalue weighted by atomic mass is 10.2. The van der Waals surface area contributed by atoms with Crippen molar-refractivity contribution in [1.29, 1.82) is 0 Å². The lowest BCUT2D eigenvalue weighted by Crippen LogP contribution is -2.16. The smallest absolute Gasteiger partial charge is 0.0462 e. The molecule has 0 spiro atoms. The van der Waals surface area contributed by atoms with Crippen molar-refractivity contribution in [1.82, 2.24) is 5.32 Å². The fourth-order valence-electron chi connectivity index (χ4n) is 2.15. The molecule has 2 aromatic carbocycles. The van der Waals surface area contributed by atoms with Crippen LogP contribution < -0.4 is 5.32 Å². The van der Waals surface area contributed by atoms with Gasteiger partial charge >= 0.3 is 0 Å². The second-order valence-corrected chi connectivity index (χ2v) is 6.81. The zero-order valence-electron chi connectivity index (χ0n) is 11.5. The van der Waals surface area contributed by atoms with Crippen LogP contribution in [0.1, 0.15) is 24.0 Å². The zero-order chi connectivity index (χ0) is 13.9. The van der Waals surface area contributed by atoms with Crippen molar-refractivity contribution in [3.05, 3.63) is 58.6 Å². The topological polar surface area (TPSA) is 12.0 Å². The summed E-state index contributed by atoms with van der Waals surface area (Å²) in [5.41, 5.74) is 2.50. The van der Waals surface area contributed by atoms with Crippen LogP contribution in [-0.2, 0) is 6.54 Å². The molecular weight excluding hydrogens is 286 g/mol. The molecule has 1 fully saturated rings. The summed E-state index contributed by atoms with van der Waals surface area (Å²) >= 11 is 8.17. The molecule has 20 heavy (non-hydrogen) atoms. The number of rotatable bonds is 5. The van der Waals surface area contributed by atoms with E-state index in [1.807, 2.05) is 12.1 Å². The van der Waals surface area contributed by atoms with Crippen LogP contribution in [0.25, 0.3) is 0 Å². The molecule has 1 saturated carbocycles. The molecule has 104 valence electrons. The number of hydrogen-bond acceptors (Lipinski definition) is 2. The van der Waals surface area contributed by atoms with Gasteiger partial charge in [0.25, 0.3) is 0 Å². The summed E-state index contributed by atoms with van der Waals surface area (Å²) in [4.78, 5) is 2.51. The fourth-order valence-corrected chi connectivity index (χ4v) is 3.54. The molecular formula is C17H18ClNS. The third kappa shape index (κ3) is 3.57. The monoisotopic (exact) mass is 303 g/mol. The van der Waals surface area contributed by atoms with Crippen LogP contribution in [-0.4, -0.2) is 6.04 Å². The van der Waals surface area contributed by atoms with Gasteiger partial charge in [-0.15, -0.1) is 0 Å². The standard InChI is InChI=1S/C17H18ClNS/c1-12-4-2-5-14(10-12)20-17-7-3-6-16(18)15(17)11-19-13-8-9-13/h2-7,10,13,19H,8-9,11H2,1H3. The highest BCUT2D eigenvalue weighted by Gasteiger charge is 2.21. The van der Waals surface area contributed by atoms with Gasteiger partial charge in [0.15, 0.2) is 0 Å². The van der Waals surface area contributed by atoms with Crippen LogP contribution in [0.4, 0.5) is 0 Å². The van der Waals surface area contributed by atoms with E-state index >= 15 is 0 Å². The summed E-state index contributed by atoms with van der Waals surface area (Å²) in [5.74, 6) is 0. The van der Waals surface area contributed by atoms with E-state index in [1.165, 1.54) is 33.8 Å². The van der Waals surface area contributed by atoms with Crippen molar-refractivity contribution in [2.75, 3.05) is 0 Å². The highest BCUT2D eigenvalue weighted by atomic mass is 35.5. The summed E-state index contributed by atoms with van der Waals surface area (Å²) in [6.45, 7) is 2.98. The van der Waals surface area contributed by atoms with Gasteiger partial charge in [-0.1, -0.05) is 47.1 Å². The van der Waals surface area contributed by atoms with Crippen molar-refractivity contribution in [2.24, 2.45) is 0 Å². The Morgan fingerprint density at radius 2 is 2.00 bits per heavy atom. The molecule has 0 heterocycles. The van der Waals surface area contributed by atoms with Gasteiger partial charge in [0.05, 0.1) is 0 Å². The first-order valence-corrected chi connectivity index (χ1v) is 8.17. The van der Waals surface area contributed by atoms with E-state index < -0.39 is 0 Å². The molecule has 0 aromatic heterocycles. The highest BCUT2D eigenvalue weighted by Crippen LogP contribution is 2.34. The van der Waals surface area contributed by atoms with Crippen LogP contribution in [0.5, 0.6) is 0 Å². The molecule has 0 radical (unpaired) electrons. The molecule has 0 aliphatic heterocycles.